The van der Waals surface area contributed by atoms with Crippen LogP contribution in [-0.4, -0.2) is 17.0 Å². The number of carboxylic acids is 1. The Morgan fingerprint density at radius 1 is 1.41 bits per heavy atom. The molecule has 1 amide bonds. The Labute approximate surface area is 98.5 Å². The van der Waals surface area contributed by atoms with Gasteiger partial charge in [0.25, 0.3) is 0 Å². The minimum atomic E-state index is -0.935. The van der Waals surface area contributed by atoms with Gasteiger partial charge in [0.2, 0.25) is 5.91 Å². The maximum absolute atomic E-state index is 13.5. The molecule has 0 aliphatic carbocycles. The van der Waals surface area contributed by atoms with Gasteiger partial charge in [0.1, 0.15) is 5.82 Å². The number of carboxylic acid groups (broad SMARTS) is 1. The fourth-order valence-corrected chi connectivity index (χ4v) is 1.51. The van der Waals surface area contributed by atoms with Gasteiger partial charge in [-0.1, -0.05) is 0 Å². The van der Waals surface area contributed by atoms with Gasteiger partial charge in [0.15, 0.2) is 0 Å². The van der Waals surface area contributed by atoms with Crippen LogP contribution in [0.5, 0.6) is 0 Å². The Morgan fingerprint density at radius 2 is 2.06 bits per heavy atom. The first kappa shape index (κ1) is 13.2. The molecular formula is C12H14FNO3. The highest BCUT2D eigenvalue weighted by molar-refractivity contribution is 5.88. The van der Waals surface area contributed by atoms with E-state index in [2.05, 4.69) is 5.32 Å². The summed E-state index contributed by atoms with van der Waals surface area (Å²) in [7, 11) is 0. The molecule has 0 aliphatic rings. The maximum atomic E-state index is 13.5. The second-order valence-corrected chi connectivity index (χ2v) is 3.82. The van der Waals surface area contributed by atoms with Crippen LogP contribution in [0.1, 0.15) is 24.5 Å². The summed E-state index contributed by atoms with van der Waals surface area (Å²) in [5.74, 6) is -1.68. The molecule has 0 saturated heterocycles. The lowest BCUT2D eigenvalue weighted by Crippen LogP contribution is -2.08. The summed E-state index contributed by atoms with van der Waals surface area (Å²) in [5.41, 5.74) is 1.36. The van der Waals surface area contributed by atoms with E-state index in [-0.39, 0.29) is 18.7 Å². The Hall–Kier alpha value is -1.91. The number of aliphatic carboxylic acids is 1. The normalized spacial score (nSPS) is 10.1. The number of amides is 1. The predicted molar refractivity (Wildman–Crippen MR) is 61.4 cm³/mol. The lowest BCUT2D eigenvalue weighted by molar-refractivity contribution is -0.137. The van der Waals surface area contributed by atoms with E-state index in [1.165, 1.54) is 13.0 Å². The molecule has 4 nitrogen and oxygen atoms in total. The minimum Gasteiger partial charge on any atom is -0.481 e. The van der Waals surface area contributed by atoms with Gasteiger partial charge in [-0.15, -0.1) is 0 Å². The highest BCUT2D eigenvalue weighted by Crippen LogP contribution is 2.20. The summed E-state index contributed by atoms with van der Waals surface area (Å²) in [6, 6.07) is 2.82. The topological polar surface area (TPSA) is 66.4 Å². The zero-order chi connectivity index (χ0) is 13.0. The highest BCUT2D eigenvalue weighted by Gasteiger charge is 2.09. The van der Waals surface area contributed by atoms with Gasteiger partial charge >= 0.3 is 5.97 Å². The number of halogens is 1. The fourth-order valence-electron chi connectivity index (χ4n) is 1.51. The summed E-state index contributed by atoms with van der Waals surface area (Å²) < 4.78 is 13.5. The number of nitrogens with one attached hydrogen (secondary N) is 1. The van der Waals surface area contributed by atoms with Crippen molar-refractivity contribution in [2.24, 2.45) is 0 Å². The summed E-state index contributed by atoms with van der Waals surface area (Å²) in [6.07, 6.45) is 0.176. The van der Waals surface area contributed by atoms with Gasteiger partial charge in [-0.3, -0.25) is 9.59 Å². The van der Waals surface area contributed by atoms with Gasteiger partial charge in [-0.05, 0) is 36.6 Å². The van der Waals surface area contributed by atoms with Crippen molar-refractivity contribution in [1.82, 2.24) is 0 Å². The van der Waals surface area contributed by atoms with Crippen molar-refractivity contribution in [2.75, 3.05) is 5.32 Å². The lowest BCUT2D eigenvalue weighted by atomic mass is 10.0. The number of carbonyl (C=O) groups is 2. The van der Waals surface area contributed by atoms with Crippen LogP contribution in [0.3, 0.4) is 0 Å². The molecule has 0 radical (unpaired) electrons. The lowest BCUT2D eigenvalue weighted by Gasteiger charge is -2.09. The molecule has 92 valence electrons. The molecule has 0 bridgehead atoms. The van der Waals surface area contributed by atoms with Crippen molar-refractivity contribution in [3.05, 3.63) is 29.1 Å². The number of carbonyl (C=O) groups excluding carboxylic acids is 1. The zero-order valence-corrected chi connectivity index (χ0v) is 9.71. The van der Waals surface area contributed by atoms with E-state index >= 15 is 0 Å². The molecule has 0 atom stereocenters. The third kappa shape index (κ3) is 3.86. The van der Waals surface area contributed by atoms with Crippen molar-refractivity contribution in [3.8, 4) is 0 Å². The zero-order valence-electron chi connectivity index (χ0n) is 9.71. The van der Waals surface area contributed by atoms with E-state index < -0.39 is 11.8 Å². The fraction of sp³-hybridized carbons (Fsp3) is 0.333. The van der Waals surface area contributed by atoms with Crippen molar-refractivity contribution in [3.63, 3.8) is 0 Å². The van der Waals surface area contributed by atoms with Crippen molar-refractivity contribution < 1.29 is 19.1 Å². The highest BCUT2D eigenvalue weighted by atomic mass is 19.1. The first-order valence-electron chi connectivity index (χ1n) is 5.18. The second kappa shape index (κ2) is 5.43. The molecule has 0 unspecified atom stereocenters. The van der Waals surface area contributed by atoms with E-state index in [1.807, 2.05) is 0 Å². The van der Waals surface area contributed by atoms with Crippen molar-refractivity contribution in [1.29, 1.82) is 0 Å². The Bertz CT molecular complexity index is 457. The van der Waals surface area contributed by atoms with Gasteiger partial charge in [-0.2, -0.15) is 0 Å². The molecule has 0 aromatic heterocycles. The minimum absolute atomic E-state index is 0.0657. The van der Waals surface area contributed by atoms with Gasteiger partial charge in [0.05, 0.1) is 0 Å². The third-order valence-electron chi connectivity index (χ3n) is 2.38. The van der Waals surface area contributed by atoms with Crippen LogP contribution in [0.25, 0.3) is 0 Å². The summed E-state index contributed by atoms with van der Waals surface area (Å²) in [4.78, 5) is 21.3. The third-order valence-corrected chi connectivity index (χ3v) is 2.38. The number of rotatable bonds is 4. The quantitative estimate of drug-likeness (QED) is 0.845. The molecule has 0 aliphatic heterocycles. The molecular weight excluding hydrogens is 225 g/mol. The van der Waals surface area contributed by atoms with Crippen LogP contribution in [0, 0.1) is 12.7 Å². The van der Waals surface area contributed by atoms with Crippen LogP contribution in [0.2, 0.25) is 0 Å². The summed E-state index contributed by atoms with van der Waals surface area (Å²) >= 11 is 0. The SMILES string of the molecule is CC(=O)Nc1cc(F)c(C)c(CCC(=O)O)c1. The van der Waals surface area contributed by atoms with Gasteiger partial charge < -0.3 is 10.4 Å². The van der Waals surface area contributed by atoms with Gasteiger partial charge in [0, 0.05) is 19.0 Å². The van der Waals surface area contributed by atoms with Crippen LogP contribution < -0.4 is 5.32 Å². The molecule has 0 heterocycles. The van der Waals surface area contributed by atoms with Gasteiger partial charge in [-0.25, -0.2) is 4.39 Å². The summed E-state index contributed by atoms with van der Waals surface area (Å²) in [6.45, 7) is 2.92. The summed E-state index contributed by atoms with van der Waals surface area (Å²) in [5, 5.41) is 11.1. The first-order valence-corrected chi connectivity index (χ1v) is 5.18. The van der Waals surface area contributed by atoms with Crippen LogP contribution in [0.4, 0.5) is 10.1 Å². The van der Waals surface area contributed by atoms with E-state index in [9.17, 15) is 14.0 Å². The number of aryl methyl sites for hydroxylation is 1. The van der Waals surface area contributed by atoms with Crippen molar-refractivity contribution >= 4 is 17.6 Å². The molecule has 17 heavy (non-hydrogen) atoms. The van der Waals surface area contributed by atoms with Crippen LogP contribution in [-0.2, 0) is 16.0 Å². The van der Waals surface area contributed by atoms with E-state index in [1.54, 1.807) is 13.0 Å². The first-order chi connectivity index (χ1) is 7.90. The van der Waals surface area contributed by atoms with Crippen LogP contribution >= 0.6 is 0 Å². The Kier molecular flexibility index (Phi) is 4.20. The van der Waals surface area contributed by atoms with E-state index in [0.717, 1.165) is 0 Å². The van der Waals surface area contributed by atoms with Crippen LogP contribution in [0.15, 0.2) is 12.1 Å². The van der Waals surface area contributed by atoms with E-state index in [4.69, 9.17) is 5.11 Å². The average molecular weight is 239 g/mol. The maximum Gasteiger partial charge on any atom is 0.303 e. The van der Waals surface area contributed by atoms with E-state index in [0.29, 0.717) is 16.8 Å². The number of hydrogen-bond acceptors (Lipinski definition) is 2. The Morgan fingerprint density at radius 3 is 2.59 bits per heavy atom. The largest absolute Gasteiger partial charge is 0.481 e. The molecule has 1 rings (SSSR count). The standard InChI is InChI=1S/C12H14FNO3/c1-7-9(3-4-12(16)17)5-10(6-11(7)13)14-8(2)15/h5-6H,3-4H2,1-2H3,(H,14,15)(H,16,17). The molecule has 0 saturated carbocycles. The number of benzene rings is 1. The predicted octanol–water partition coefficient (Wildman–Crippen LogP) is 2.11. The smallest absolute Gasteiger partial charge is 0.303 e. The molecule has 1 aromatic carbocycles. The molecule has 0 fully saturated rings. The molecule has 5 heteroatoms. The van der Waals surface area contributed by atoms with Crippen molar-refractivity contribution in [2.45, 2.75) is 26.7 Å². The Balaban J connectivity index is 2.97. The molecule has 0 spiro atoms. The molecule has 2 N–H and O–H groups in total. The number of anilines is 1. The monoisotopic (exact) mass is 239 g/mol. The second-order valence-electron chi connectivity index (χ2n) is 3.82. The number of hydrogen-bond donors (Lipinski definition) is 2. The molecule has 1 aromatic rings. The average Bonchev–Trinajstić information content (AvgIpc) is 2.20.